The van der Waals surface area contributed by atoms with Crippen molar-refractivity contribution in [2.24, 2.45) is 5.73 Å². The molecule has 0 bridgehead atoms. The second-order valence-electron chi connectivity index (χ2n) is 5.46. The Morgan fingerprint density at radius 3 is 2.39 bits per heavy atom. The number of rotatable bonds is 4. The molecule has 7 heteroatoms. The first kappa shape index (κ1) is 17.5. The first-order chi connectivity index (χ1) is 10.8. The molecule has 2 aromatic rings. The van der Waals surface area contributed by atoms with Crippen molar-refractivity contribution in [3.8, 4) is 0 Å². The van der Waals surface area contributed by atoms with Gasteiger partial charge in [-0.3, -0.25) is 9.69 Å². The highest BCUT2D eigenvalue weighted by molar-refractivity contribution is 5.94. The molecule has 23 heavy (non-hydrogen) atoms. The summed E-state index contributed by atoms with van der Waals surface area (Å²) in [6, 6.07) is 9.40. The van der Waals surface area contributed by atoms with Crippen LogP contribution in [-0.2, 0) is 13.1 Å². The Kier molecular flexibility index (Phi) is 6.15. The maximum atomic E-state index is 12.5. The fourth-order valence-corrected chi connectivity index (χ4v) is 2.62. The minimum absolute atomic E-state index is 0. The van der Waals surface area contributed by atoms with Gasteiger partial charge in [0.1, 0.15) is 6.26 Å². The van der Waals surface area contributed by atoms with Gasteiger partial charge in [0, 0.05) is 50.9 Å². The van der Waals surface area contributed by atoms with Crippen molar-refractivity contribution in [3.63, 3.8) is 0 Å². The van der Waals surface area contributed by atoms with Crippen LogP contribution in [0.15, 0.2) is 41.1 Å². The minimum atomic E-state index is 0. The fraction of sp³-hybridized carbons (Fsp3) is 0.375. The number of nitrogens with zero attached hydrogens (tertiary/aromatic N) is 3. The van der Waals surface area contributed by atoms with Crippen LogP contribution in [0.5, 0.6) is 0 Å². The third-order valence-corrected chi connectivity index (χ3v) is 3.97. The lowest BCUT2D eigenvalue weighted by Crippen LogP contribution is -2.48. The van der Waals surface area contributed by atoms with Crippen molar-refractivity contribution in [1.29, 1.82) is 0 Å². The summed E-state index contributed by atoms with van der Waals surface area (Å²) < 4.78 is 4.84. The van der Waals surface area contributed by atoms with Gasteiger partial charge in [0.05, 0.1) is 5.69 Å². The zero-order valence-electron chi connectivity index (χ0n) is 12.9. The molecule has 1 amide bonds. The Hall–Kier alpha value is -1.89. The number of carbonyl (C=O) groups is 1. The molecule has 0 unspecified atom stereocenters. The number of hydrogen-bond donors (Lipinski definition) is 1. The molecule has 124 valence electrons. The SMILES string of the molecule is Cl.NCc1ccc(C(=O)N2CCN(Cc3ccon3)CC2)cc1. The van der Waals surface area contributed by atoms with Crippen LogP contribution in [0.4, 0.5) is 0 Å². The summed E-state index contributed by atoms with van der Waals surface area (Å²) in [6.45, 7) is 4.42. The normalized spacial score (nSPS) is 15.3. The lowest BCUT2D eigenvalue weighted by Gasteiger charge is -2.34. The van der Waals surface area contributed by atoms with Gasteiger partial charge in [-0.15, -0.1) is 12.4 Å². The Bertz CT molecular complexity index is 608. The maximum absolute atomic E-state index is 12.5. The van der Waals surface area contributed by atoms with Crippen molar-refractivity contribution in [1.82, 2.24) is 15.0 Å². The average Bonchev–Trinajstić information content (AvgIpc) is 3.08. The number of hydrogen-bond acceptors (Lipinski definition) is 5. The van der Waals surface area contributed by atoms with E-state index in [-0.39, 0.29) is 18.3 Å². The van der Waals surface area contributed by atoms with Gasteiger partial charge in [-0.2, -0.15) is 0 Å². The summed E-state index contributed by atoms with van der Waals surface area (Å²) in [7, 11) is 0. The first-order valence-electron chi connectivity index (χ1n) is 7.46. The molecule has 3 rings (SSSR count). The minimum Gasteiger partial charge on any atom is -0.364 e. The van der Waals surface area contributed by atoms with Gasteiger partial charge in [0.2, 0.25) is 0 Å². The Morgan fingerprint density at radius 1 is 1.13 bits per heavy atom. The lowest BCUT2D eigenvalue weighted by atomic mass is 10.1. The van der Waals surface area contributed by atoms with Crippen molar-refractivity contribution in [2.45, 2.75) is 13.1 Å². The number of benzene rings is 1. The van der Waals surface area contributed by atoms with E-state index in [0.717, 1.165) is 49.5 Å². The first-order valence-corrected chi connectivity index (χ1v) is 7.46. The van der Waals surface area contributed by atoms with Crippen LogP contribution in [0.3, 0.4) is 0 Å². The van der Waals surface area contributed by atoms with Crippen molar-refractivity contribution < 1.29 is 9.32 Å². The van der Waals surface area contributed by atoms with Crippen LogP contribution in [0.2, 0.25) is 0 Å². The molecule has 1 aliphatic rings. The predicted octanol–water partition coefficient (Wildman–Crippen LogP) is 1.51. The van der Waals surface area contributed by atoms with E-state index in [9.17, 15) is 4.79 Å². The Labute approximate surface area is 141 Å². The van der Waals surface area contributed by atoms with Crippen molar-refractivity contribution in [2.75, 3.05) is 26.2 Å². The molecule has 0 atom stereocenters. The molecule has 1 fully saturated rings. The summed E-state index contributed by atoms with van der Waals surface area (Å²) in [5.74, 6) is 0.0876. The Balaban J connectivity index is 0.00000192. The number of amides is 1. The van der Waals surface area contributed by atoms with Gasteiger partial charge in [-0.25, -0.2) is 0 Å². The second-order valence-corrected chi connectivity index (χ2v) is 5.46. The van der Waals surface area contributed by atoms with Crippen LogP contribution < -0.4 is 5.73 Å². The maximum Gasteiger partial charge on any atom is 0.253 e. The zero-order chi connectivity index (χ0) is 15.4. The number of aromatic nitrogens is 1. The molecule has 0 saturated carbocycles. The average molecular weight is 337 g/mol. The Morgan fingerprint density at radius 2 is 1.83 bits per heavy atom. The summed E-state index contributed by atoms with van der Waals surface area (Å²) in [5.41, 5.74) is 8.27. The molecule has 1 aromatic heterocycles. The van der Waals surface area contributed by atoms with E-state index in [0.29, 0.717) is 6.54 Å². The van der Waals surface area contributed by atoms with Gasteiger partial charge in [0.15, 0.2) is 0 Å². The molecule has 1 aromatic carbocycles. The highest BCUT2D eigenvalue weighted by atomic mass is 35.5. The largest absolute Gasteiger partial charge is 0.364 e. The van der Waals surface area contributed by atoms with Gasteiger partial charge in [-0.05, 0) is 17.7 Å². The molecular weight excluding hydrogens is 316 g/mol. The van der Waals surface area contributed by atoms with Crippen LogP contribution in [0, 0.1) is 0 Å². The smallest absolute Gasteiger partial charge is 0.253 e. The topological polar surface area (TPSA) is 75.6 Å². The third-order valence-electron chi connectivity index (χ3n) is 3.97. The van der Waals surface area contributed by atoms with Gasteiger partial charge >= 0.3 is 0 Å². The van der Waals surface area contributed by atoms with E-state index in [2.05, 4.69) is 10.1 Å². The van der Waals surface area contributed by atoms with Crippen LogP contribution in [0.1, 0.15) is 21.6 Å². The summed E-state index contributed by atoms with van der Waals surface area (Å²) >= 11 is 0. The summed E-state index contributed by atoms with van der Waals surface area (Å²) in [6.07, 6.45) is 1.58. The molecule has 0 aliphatic carbocycles. The number of nitrogens with two attached hydrogens (primary N) is 1. The van der Waals surface area contributed by atoms with Crippen molar-refractivity contribution in [3.05, 3.63) is 53.4 Å². The van der Waals surface area contributed by atoms with Crippen LogP contribution in [-0.4, -0.2) is 47.0 Å². The summed E-state index contributed by atoms with van der Waals surface area (Å²) in [5, 5.41) is 3.92. The van der Waals surface area contributed by atoms with E-state index in [1.54, 1.807) is 6.26 Å². The predicted molar refractivity (Wildman–Crippen MR) is 89.3 cm³/mol. The monoisotopic (exact) mass is 336 g/mol. The van der Waals surface area contributed by atoms with E-state index < -0.39 is 0 Å². The highest BCUT2D eigenvalue weighted by Gasteiger charge is 2.22. The standard InChI is InChI=1S/C16H20N4O2.ClH/c17-11-13-1-3-14(4-2-13)16(21)20-8-6-19(7-9-20)12-15-5-10-22-18-15;/h1-5,10H,6-9,11-12,17H2;1H. The molecule has 0 spiro atoms. The molecular formula is C16H21ClN4O2. The van der Waals surface area contributed by atoms with E-state index >= 15 is 0 Å². The quantitative estimate of drug-likeness (QED) is 0.916. The number of halogens is 1. The van der Waals surface area contributed by atoms with E-state index in [1.807, 2.05) is 35.2 Å². The fourth-order valence-electron chi connectivity index (χ4n) is 2.62. The lowest BCUT2D eigenvalue weighted by molar-refractivity contribution is 0.0625. The van der Waals surface area contributed by atoms with E-state index in [1.165, 1.54) is 0 Å². The number of carbonyl (C=O) groups excluding carboxylic acids is 1. The summed E-state index contributed by atoms with van der Waals surface area (Å²) in [4.78, 5) is 16.6. The molecule has 6 nitrogen and oxygen atoms in total. The highest BCUT2D eigenvalue weighted by Crippen LogP contribution is 2.12. The molecule has 1 aliphatic heterocycles. The van der Waals surface area contributed by atoms with Crippen molar-refractivity contribution >= 4 is 18.3 Å². The van der Waals surface area contributed by atoms with Gasteiger partial charge in [-0.1, -0.05) is 17.3 Å². The molecule has 2 N–H and O–H groups in total. The molecule has 1 saturated heterocycles. The van der Waals surface area contributed by atoms with Gasteiger partial charge in [0.25, 0.3) is 5.91 Å². The molecule has 0 radical (unpaired) electrons. The zero-order valence-corrected chi connectivity index (χ0v) is 13.7. The van der Waals surface area contributed by atoms with Crippen LogP contribution >= 0.6 is 12.4 Å². The number of piperazine rings is 1. The third kappa shape index (κ3) is 4.31. The van der Waals surface area contributed by atoms with E-state index in [4.69, 9.17) is 10.3 Å². The second kappa shape index (κ2) is 8.10. The molecule has 2 heterocycles. The van der Waals surface area contributed by atoms with Gasteiger partial charge < -0.3 is 15.2 Å². The van der Waals surface area contributed by atoms with Crippen LogP contribution in [0.25, 0.3) is 0 Å².